The van der Waals surface area contributed by atoms with Gasteiger partial charge in [0.05, 0.1) is 35.9 Å². The lowest BCUT2D eigenvalue weighted by molar-refractivity contribution is 0.379. The summed E-state index contributed by atoms with van der Waals surface area (Å²) in [6.45, 7) is 0. The van der Waals surface area contributed by atoms with Gasteiger partial charge >= 0.3 is 0 Å². The first-order chi connectivity index (χ1) is 17.3. The second-order valence-corrected chi connectivity index (χ2v) is 11.3. The third kappa shape index (κ3) is 2.78. The summed E-state index contributed by atoms with van der Waals surface area (Å²) in [4.78, 5) is 16.6. The number of H-pyrrole nitrogens is 2. The Labute approximate surface area is 204 Å². The largest absolute Gasteiger partial charge is 0.341 e. The molecule has 2 aromatic carbocycles. The summed E-state index contributed by atoms with van der Waals surface area (Å²) in [5, 5.41) is 7.45. The van der Waals surface area contributed by atoms with Gasteiger partial charge in [0.1, 0.15) is 11.6 Å². The highest BCUT2D eigenvalue weighted by molar-refractivity contribution is 5.71. The molecule has 6 aliphatic rings. The monoisotopic (exact) mass is 460 g/mol. The van der Waals surface area contributed by atoms with Crippen molar-refractivity contribution in [2.24, 2.45) is 23.7 Å². The summed E-state index contributed by atoms with van der Waals surface area (Å²) in [7, 11) is 0. The summed E-state index contributed by atoms with van der Waals surface area (Å²) < 4.78 is 0. The summed E-state index contributed by atoms with van der Waals surface area (Å²) in [6.07, 6.45) is 7.91. The van der Waals surface area contributed by atoms with E-state index < -0.39 is 0 Å². The molecule has 4 bridgehead atoms. The number of aromatic amines is 2. The van der Waals surface area contributed by atoms with E-state index in [1.54, 1.807) is 0 Å². The van der Waals surface area contributed by atoms with Crippen molar-refractivity contribution >= 4 is 0 Å². The molecule has 10 rings (SSSR count). The molecule has 3 aliphatic carbocycles. The van der Waals surface area contributed by atoms with Gasteiger partial charge in [-0.2, -0.15) is 0 Å². The minimum absolute atomic E-state index is 0.396. The SMILES string of the molecule is c1cc(-c2cnc(C3NC4CCC3C4)[nH]2)ccc1-c1ccc(-c2cnc(C3NC4C5C3C45)[nH]2)cc1. The molecule has 4 N–H and O–H groups in total. The second kappa shape index (κ2) is 6.71. The Hall–Kier alpha value is -3.22. The molecule has 6 nitrogen and oxygen atoms in total. The fourth-order valence-corrected chi connectivity index (χ4v) is 7.45. The van der Waals surface area contributed by atoms with Crippen molar-refractivity contribution in [3.8, 4) is 33.6 Å². The van der Waals surface area contributed by atoms with Crippen LogP contribution in [0.2, 0.25) is 0 Å². The zero-order valence-corrected chi connectivity index (χ0v) is 19.4. The van der Waals surface area contributed by atoms with Crippen molar-refractivity contribution in [2.45, 2.75) is 43.4 Å². The normalized spacial score (nSPS) is 35.4. The van der Waals surface area contributed by atoms with Crippen molar-refractivity contribution in [1.82, 2.24) is 30.6 Å². The standard InChI is InChI=1S/C29H28N6/c1-5-16(20-12-30-28(33-20)25-18-9-10-19(11-18)32-25)6-2-14(1)15-3-7-17(8-4-15)21-13-31-29(34-21)27-24-22-23(24)26(22)35-27/h1-8,12-13,18-19,22-27,32,35H,9-11H2,(H,30,33)(H,31,34). The first-order valence-electron chi connectivity index (χ1n) is 13.1. The highest BCUT2D eigenvalue weighted by Gasteiger charge is 2.81. The molecule has 3 saturated carbocycles. The molecule has 6 unspecified atom stereocenters. The maximum absolute atomic E-state index is 4.72. The number of hydrogen-bond donors (Lipinski definition) is 4. The van der Waals surface area contributed by atoms with Crippen LogP contribution in [0.1, 0.15) is 43.0 Å². The van der Waals surface area contributed by atoms with Crippen LogP contribution in [0.5, 0.6) is 0 Å². The van der Waals surface area contributed by atoms with Crippen molar-refractivity contribution in [3.05, 3.63) is 72.6 Å². The molecule has 5 heterocycles. The fraction of sp³-hybridized carbons (Fsp3) is 0.379. The van der Waals surface area contributed by atoms with Crippen molar-refractivity contribution in [2.75, 3.05) is 0 Å². The summed E-state index contributed by atoms with van der Waals surface area (Å²) >= 11 is 0. The van der Waals surface area contributed by atoms with Crippen LogP contribution in [-0.2, 0) is 0 Å². The van der Waals surface area contributed by atoms with Gasteiger partial charge < -0.3 is 20.6 Å². The zero-order chi connectivity index (χ0) is 22.7. The molecule has 6 heteroatoms. The van der Waals surface area contributed by atoms with Gasteiger partial charge in [-0.15, -0.1) is 0 Å². The van der Waals surface area contributed by atoms with Gasteiger partial charge in [-0.05, 0) is 65.2 Å². The molecule has 6 fully saturated rings. The number of rotatable bonds is 5. The predicted octanol–water partition coefficient (Wildman–Crippen LogP) is 4.84. The molecule has 3 saturated heterocycles. The van der Waals surface area contributed by atoms with E-state index in [0.717, 1.165) is 52.8 Å². The quantitative estimate of drug-likeness (QED) is 0.344. The lowest BCUT2D eigenvalue weighted by Gasteiger charge is -2.20. The molecule has 174 valence electrons. The summed E-state index contributed by atoms with van der Waals surface area (Å²) in [6, 6.07) is 19.9. The van der Waals surface area contributed by atoms with Gasteiger partial charge in [-0.3, -0.25) is 0 Å². The minimum Gasteiger partial charge on any atom is -0.341 e. The van der Waals surface area contributed by atoms with E-state index in [4.69, 9.17) is 9.97 Å². The Morgan fingerprint density at radius 3 is 1.66 bits per heavy atom. The van der Waals surface area contributed by atoms with Crippen molar-refractivity contribution < 1.29 is 0 Å². The van der Waals surface area contributed by atoms with Crippen LogP contribution in [0.15, 0.2) is 60.9 Å². The number of aromatic nitrogens is 4. The smallest absolute Gasteiger partial charge is 0.124 e. The van der Waals surface area contributed by atoms with Crippen LogP contribution in [0, 0.1) is 23.7 Å². The lowest BCUT2D eigenvalue weighted by atomic mass is 9.99. The third-order valence-corrected chi connectivity index (χ3v) is 9.50. The van der Waals surface area contributed by atoms with Crippen LogP contribution in [-0.4, -0.2) is 32.0 Å². The van der Waals surface area contributed by atoms with Crippen LogP contribution >= 0.6 is 0 Å². The van der Waals surface area contributed by atoms with Crippen LogP contribution in [0.25, 0.3) is 33.6 Å². The van der Waals surface area contributed by atoms with E-state index in [1.165, 1.54) is 41.5 Å². The molecule has 4 aromatic rings. The van der Waals surface area contributed by atoms with E-state index in [0.29, 0.717) is 18.1 Å². The van der Waals surface area contributed by atoms with E-state index >= 15 is 0 Å². The molecule has 0 spiro atoms. The number of hydrogen-bond acceptors (Lipinski definition) is 4. The molecule has 0 amide bonds. The fourth-order valence-electron chi connectivity index (χ4n) is 7.45. The zero-order valence-electron chi connectivity index (χ0n) is 19.4. The van der Waals surface area contributed by atoms with E-state index in [9.17, 15) is 0 Å². The van der Waals surface area contributed by atoms with Crippen molar-refractivity contribution in [1.29, 1.82) is 0 Å². The maximum Gasteiger partial charge on any atom is 0.124 e. The highest BCUT2D eigenvalue weighted by atomic mass is 15.2. The number of fused-ring (bicyclic) bond motifs is 3. The van der Waals surface area contributed by atoms with Gasteiger partial charge in [-0.25, -0.2) is 9.97 Å². The predicted molar refractivity (Wildman–Crippen MR) is 134 cm³/mol. The molecular weight excluding hydrogens is 432 g/mol. The van der Waals surface area contributed by atoms with Gasteiger partial charge in [-0.1, -0.05) is 48.5 Å². The van der Waals surface area contributed by atoms with Crippen LogP contribution in [0.4, 0.5) is 0 Å². The average molecular weight is 461 g/mol. The van der Waals surface area contributed by atoms with Crippen LogP contribution < -0.4 is 10.6 Å². The molecule has 3 aliphatic heterocycles. The van der Waals surface area contributed by atoms with Crippen LogP contribution in [0.3, 0.4) is 0 Å². The highest BCUT2D eigenvalue weighted by Crippen LogP contribution is 2.77. The molecular formula is C29H28N6. The topological polar surface area (TPSA) is 81.4 Å². The van der Waals surface area contributed by atoms with Gasteiger partial charge in [0, 0.05) is 12.1 Å². The first kappa shape index (κ1) is 19.0. The summed E-state index contributed by atoms with van der Waals surface area (Å²) in [5.74, 6) is 5.68. The van der Waals surface area contributed by atoms with Gasteiger partial charge in [0.2, 0.25) is 0 Å². The molecule has 0 radical (unpaired) electrons. The lowest BCUT2D eigenvalue weighted by Crippen LogP contribution is -2.29. The minimum atomic E-state index is 0.396. The maximum atomic E-state index is 4.72. The first-order valence-corrected chi connectivity index (χ1v) is 13.1. The van der Waals surface area contributed by atoms with E-state index in [1.807, 2.05) is 12.4 Å². The average Bonchev–Trinajstić information content (AvgIpc) is 3.46. The number of imidazole rings is 2. The van der Waals surface area contributed by atoms with Gasteiger partial charge in [0.25, 0.3) is 0 Å². The number of piperidine rings is 2. The Morgan fingerprint density at radius 1 is 0.600 bits per heavy atom. The van der Waals surface area contributed by atoms with Gasteiger partial charge in [0.15, 0.2) is 0 Å². The number of nitrogens with zero attached hydrogens (tertiary/aromatic N) is 2. The Morgan fingerprint density at radius 2 is 1.17 bits per heavy atom. The number of nitrogens with one attached hydrogen (secondary N) is 4. The second-order valence-electron chi connectivity index (χ2n) is 11.3. The Bertz CT molecular complexity index is 1420. The third-order valence-electron chi connectivity index (χ3n) is 9.50. The van der Waals surface area contributed by atoms with E-state index in [2.05, 4.69) is 69.1 Å². The van der Waals surface area contributed by atoms with E-state index in [-0.39, 0.29) is 0 Å². The molecule has 35 heavy (non-hydrogen) atoms. The summed E-state index contributed by atoms with van der Waals surface area (Å²) in [5.41, 5.74) is 7.00. The molecule has 6 atom stereocenters. The Balaban J connectivity index is 0.917. The Kier molecular flexibility index (Phi) is 3.65. The number of benzene rings is 2. The molecule has 2 aromatic heterocycles. The van der Waals surface area contributed by atoms with Crippen molar-refractivity contribution in [3.63, 3.8) is 0 Å².